The fourth-order valence-electron chi connectivity index (χ4n) is 2.07. The Morgan fingerprint density at radius 1 is 1.04 bits per heavy atom. The first-order chi connectivity index (χ1) is 11.5. The molecule has 1 aliphatic heterocycles. The summed E-state index contributed by atoms with van der Waals surface area (Å²) in [6, 6.07) is 7.50. The number of carbonyl (C=O) groups excluding carboxylic acids is 2. The molecule has 2 heterocycles. The summed E-state index contributed by atoms with van der Waals surface area (Å²) < 4.78 is 0. The van der Waals surface area contributed by atoms with E-state index in [9.17, 15) is 19.2 Å². The van der Waals surface area contributed by atoms with Crippen LogP contribution >= 0.6 is 0 Å². The molecule has 1 aliphatic rings. The topological polar surface area (TPSA) is 149 Å². The maximum absolute atomic E-state index is 12.4. The number of rotatable bonds is 3. The molecule has 0 saturated carbocycles. The van der Waals surface area contributed by atoms with Crippen molar-refractivity contribution < 1.29 is 9.59 Å². The lowest BCUT2D eigenvalue weighted by Crippen LogP contribution is -2.49. The van der Waals surface area contributed by atoms with Crippen LogP contribution in [0.1, 0.15) is 5.56 Å². The number of H-pyrrole nitrogens is 2. The molecule has 1 atom stereocenters. The van der Waals surface area contributed by atoms with E-state index in [0.29, 0.717) is 5.56 Å². The Balaban J connectivity index is 2.13. The molecule has 3 amide bonds. The van der Waals surface area contributed by atoms with Gasteiger partial charge in [-0.05, 0) is 5.56 Å². The zero-order valence-corrected chi connectivity index (χ0v) is 12.0. The minimum absolute atomic E-state index is 0.206. The van der Waals surface area contributed by atoms with Gasteiger partial charge in [-0.2, -0.15) is 5.11 Å². The molecular weight excluding hydrogens is 316 g/mol. The molecule has 3 N–H and O–H groups in total. The van der Waals surface area contributed by atoms with Crippen molar-refractivity contribution >= 4 is 23.8 Å². The lowest BCUT2D eigenvalue weighted by atomic mass is 9.90. The number of urea groups is 1. The van der Waals surface area contributed by atoms with Crippen LogP contribution < -0.4 is 16.6 Å². The van der Waals surface area contributed by atoms with Crippen molar-refractivity contribution in [3.63, 3.8) is 0 Å². The fourth-order valence-corrected chi connectivity index (χ4v) is 2.07. The van der Waals surface area contributed by atoms with Crippen LogP contribution in [0.5, 0.6) is 0 Å². The van der Waals surface area contributed by atoms with E-state index in [0.717, 1.165) is 12.4 Å². The highest BCUT2D eigenvalue weighted by molar-refractivity contribution is 6.15. The highest BCUT2D eigenvalue weighted by atomic mass is 16.2. The van der Waals surface area contributed by atoms with Crippen molar-refractivity contribution in [1.82, 2.24) is 15.3 Å². The molecule has 0 fully saturated rings. The first-order valence-electron chi connectivity index (χ1n) is 6.72. The summed E-state index contributed by atoms with van der Waals surface area (Å²) in [5.74, 6) is -0.752. The first kappa shape index (κ1) is 15.2. The fraction of sp³-hybridized carbons (Fsp3) is 0.0714. The number of imide groups is 1. The number of amides is 3. The number of benzene rings is 1. The number of aliphatic imine (C=N–C) groups is 1. The Hall–Kier alpha value is -3.69. The summed E-state index contributed by atoms with van der Waals surface area (Å²) >= 11 is 0. The molecule has 0 spiro atoms. The molecule has 0 bridgehead atoms. The van der Waals surface area contributed by atoms with Gasteiger partial charge >= 0.3 is 11.7 Å². The number of nitrogens with zero attached hydrogens (tertiary/aromatic N) is 3. The molecule has 1 aromatic heterocycles. The van der Waals surface area contributed by atoms with Gasteiger partial charge in [0.25, 0.3) is 11.5 Å². The zero-order valence-electron chi connectivity index (χ0n) is 12.0. The number of hydrogen-bond donors (Lipinski definition) is 3. The highest BCUT2D eigenvalue weighted by Crippen LogP contribution is 2.28. The van der Waals surface area contributed by atoms with Crippen molar-refractivity contribution in [3.8, 4) is 0 Å². The number of hydrogen-bond acceptors (Lipinski definition) is 6. The molecule has 10 heteroatoms. The van der Waals surface area contributed by atoms with Crippen LogP contribution in [0, 0.1) is 0 Å². The Kier molecular flexibility index (Phi) is 3.70. The van der Waals surface area contributed by atoms with Crippen molar-refractivity contribution in [2.75, 3.05) is 0 Å². The Morgan fingerprint density at radius 3 is 2.46 bits per heavy atom. The predicted molar refractivity (Wildman–Crippen MR) is 82.4 cm³/mol. The Labute approximate surface area is 133 Å². The van der Waals surface area contributed by atoms with E-state index in [4.69, 9.17) is 0 Å². The van der Waals surface area contributed by atoms with Crippen molar-refractivity contribution in [1.29, 1.82) is 0 Å². The molecule has 0 radical (unpaired) electrons. The van der Waals surface area contributed by atoms with Gasteiger partial charge in [-0.25, -0.2) is 14.6 Å². The van der Waals surface area contributed by atoms with Crippen LogP contribution in [0.3, 0.4) is 0 Å². The smallest absolute Gasteiger partial charge is 0.312 e. The predicted octanol–water partition coefficient (Wildman–Crippen LogP) is 0.363. The summed E-state index contributed by atoms with van der Waals surface area (Å²) in [5.41, 5.74) is -2.96. The molecule has 120 valence electrons. The van der Waals surface area contributed by atoms with Gasteiger partial charge in [0, 0.05) is 6.20 Å². The maximum atomic E-state index is 12.4. The van der Waals surface area contributed by atoms with Gasteiger partial charge < -0.3 is 4.98 Å². The second kappa shape index (κ2) is 5.83. The third-order valence-electron chi connectivity index (χ3n) is 3.26. The largest absolute Gasteiger partial charge is 0.347 e. The average molecular weight is 326 g/mol. The SMILES string of the molecule is O=C1N=CC(N=Nc2c[nH]c(=O)[nH]c2=O)(c2ccccc2)C(=O)N1. The van der Waals surface area contributed by atoms with Crippen LogP contribution in [-0.4, -0.2) is 28.1 Å². The third kappa shape index (κ3) is 2.67. The average Bonchev–Trinajstić information content (AvgIpc) is 2.57. The normalized spacial score (nSPS) is 20.3. The monoisotopic (exact) mass is 326 g/mol. The van der Waals surface area contributed by atoms with E-state index < -0.39 is 28.7 Å². The quantitative estimate of drug-likeness (QED) is 0.698. The van der Waals surface area contributed by atoms with Crippen LogP contribution in [0.25, 0.3) is 0 Å². The van der Waals surface area contributed by atoms with Gasteiger partial charge in [-0.15, -0.1) is 5.11 Å². The maximum Gasteiger partial charge on any atom is 0.347 e. The molecule has 3 rings (SSSR count). The summed E-state index contributed by atoms with van der Waals surface area (Å²) in [4.78, 5) is 54.1. The third-order valence-corrected chi connectivity index (χ3v) is 3.26. The second-order valence-electron chi connectivity index (χ2n) is 4.81. The number of nitrogens with one attached hydrogen (secondary N) is 3. The minimum Gasteiger partial charge on any atom is -0.312 e. The number of azo groups is 1. The number of aromatic amines is 2. The van der Waals surface area contributed by atoms with Crippen LogP contribution in [0.2, 0.25) is 0 Å². The lowest BCUT2D eigenvalue weighted by Gasteiger charge is -2.25. The Bertz CT molecular complexity index is 975. The Morgan fingerprint density at radius 2 is 1.79 bits per heavy atom. The van der Waals surface area contributed by atoms with E-state index in [1.165, 1.54) is 0 Å². The van der Waals surface area contributed by atoms with Gasteiger partial charge in [-0.3, -0.25) is 19.9 Å². The molecule has 0 aliphatic carbocycles. The summed E-state index contributed by atoms with van der Waals surface area (Å²) in [6.45, 7) is 0. The zero-order chi connectivity index (χ0) is 17.2. The molecule has 0 saturated heterocycles. The lowest BCUT2D eigenvalue weighted by molar-refractivity contribution is -0.123. The summed E-state index contributed by atoms with van der Waals surface area (Å²) in [7, 11) is 0. The van der Waals surface area contributed by atoms with Gasteiger partial charge in [0.15, 0.2) is 5.69 Å². The minimum atomic E-state index is -1.70. The van der Waals surface area contributed by atoms with Crippen LogP contribution in [0.15, 0.2) is 61.3 Å². The van der Waals surface area contributed by atoms with Crippen LogP contribution in [0.4, 0.5) is 10.5 Å². The van der Waals surface area contributed by atoms with E-state index >= 15 is 0 Å². The van der Waals surface area contributed by atoms with E-state index in [1.54, 1.807) is 30.3 Å². The number of carbonyl (C=O) groups is 2. The molecule has 2 aromatic rings. The van der Waals surface area contributed by atoms with E-state index in [-0.39, 0.29) is 5.69 Å². The molecule has 1 unspecified atom stereocenters. The highest BCUT2D eigenvalue weighted by Gasteiger charge is 2.43. The molecule has 24 heavy (non-hydrogen) atoms. The standard InChI is InChI=1S/C14H10N6O4/c21-10-9(6-15-12(23)17-10)19-20-14(8-4-2-1-3-5-8)7-16-13(24)18-11(14)22/h1-7H,(H,18,22,24)(H2,15,17,21,23). The molecule has 10 nitrogen and oxygen atoms in total. The van der Waals surface area contributed by atoms with E-state index in [2.05, 4.69) is 25.5 Å². The molecule has 1 aromatic carbocycles. The van der Waals surface area contributed by atoms with E-state index in [1.807, 2.05) is 4.98 Å². The van der Waals surface area contributed by atoms with Crippen LogP contribution in [-0.2, 0) is 10.3 Å². The van der Waals surface area contributed by atoms with Gasteiger partial charge in [0.05, 0.1) is 6.21 Å². The summed E-state index contributed by atoms with van der Waals surface area (Å²) in [6.07, 6.45) is 2.12. The van der Waals surface area contributed by atoms with Gasteiger partial charge in [0.2, 0.25) is 5.54 Å². The number of aromatic nitrogens is 2. The van der Waals surface area contributed by atoms with Crippen molar-refractivity contribution in [2.45, 2.75) is 5.54 Å². The second-order valence-corrected chi connectivity index (χ2v) is 4.81. The van der Waals surface area contributed by atoms with Crippen molar-refractivity contribution in [2.24, 2.45) is 15.2 Å². The first-order valence-corrected chi connectivity index (χ1v) is 6.72. The molecular formula is C14H10N6O4. The summed E-state index contributed by atoms with van der Waals surface area (Å²) in [5, 5.41) is 9.73. The van der Waals surface area contributed by atoms with Gasteiger partial charge in [0.1, 0.15) is 0 Å². The van der Waals surface area contributed by atoms with Gasteiger partial charge in [-0.1, -0.05) is 30.3 Å². The van der Waals surface area contributed by atoms with Crippen molar-refractivity contribution in [3.05, 3.63) is 62.9 Å².